The van der Waals surface area contributed by atoms with Crippen molar-refractivity contribution in [1.82, 2.24) is 4.57 Å². The number of ether oxygens (including phenoxy) is 5. The second-order valence-electron chi connectivity index (χ2n) is 11.1. The van der Waals surface area contributed by atoms with Crippen LogP contribution in [-0.4, -0.2) is 61.1 Å². The number of halogens is 1. The number of benzene rings is 3. The van der Waals surface area contributed by atoms with E-state index >= 15 is 0 Å². The third-order valence-electron chi connectivity index (χ3n) is 7.68. The molecule has 0 spiro atoms. The van der Waals surface area contributed by atoms with Crippen molar-refractivity contribution in [3.05, 3.63) is 106 Å². The number of hydrogen-bond donors (Lipinski definition) is 2. The molecule has 1 atom stereocenters. The van der Waals surface area contributed by atoms with Crippen LogP contribution >= 0.6 is 33.9 Å². The van der Waals surface area contributed by atoms with Gasteiger partial charge in [-0.05, 0) is 116 Å². The van der Waals surface area contributed by atoms with E-state index in [2.05, 4.69) is 32.9 Å². The lowest BCUT2D eigenvalue weighted by atomic mass is 9.95. The van der Waals surface area contributed by atoms with Gasteiger partial charge in [-0.2, -0.15) is 0 Å². The summed E-state index contributed by atoms with van der Waals surface area (Å²) in [5.41, 5.74) is 2.18. The van der Waals surface area contributed by atoms with Crippen molar-refractivity contribution < 1.29 is 43.2 Å². The summed E-state index contributed by atoms with van der Waals surface area (Å²) in [6, 6.07) is 13.6. The van der Waals surface area contributed by atoms with Gasteiger partial charge < -0.3 is 34.1 Å². The molecule has 5 rings (SSSR count). The second-order valence-corrected chi connectivity index (χ2v) is 13.3. The molecule has 1 aliphatic rings. The van der Waals surface area contributed by atoms with Crippen LogP contribution in [0.4, 0.5) is 5.69 Å². The quantitative estimate of drug-likeness (QED) is 0.142. The summed E-state index contributed by atoms with van der Waals surface area (Å²) in [4.78, 5) is 56.8. The lowest BCUT2D eigenvalue weighted by Gasteiger charge is -2.24. The fourth-order valence-corrected chi connectivity index (χ4v) is 7.27. The van der Waals surface area contributed by atoms with Crippen molar-refractivity contribution in [3.8, 4) is 23.0 Å². The zero-order valence-corrected chi connectivity index (χ0v) is 32.0. The highest BCUT2D eigenvalue weighted by atomic mass is 127. The van der Waals surface area contributed by atoms with Gasteiger partial charge in [0.05, 0.1) is 57.9 Å². The molecule has 2 heterocycles. The van der Waals surface area contributed by atoms with Crippen LogP contribution in [0.25, 0.3) is 6.08 Å². The molecule has 4 aromatic rings. The minimum absolute atomic E-state index is 0.0757. The van der Waals surface area contributed by atoms with Crippen LogP contribution in [0.15, 0.2) is 75.7 Å². The Bertz CT molecular complexity index is 2230. The number of nitrogens with zero attached hydrogens (tertiary/aromatic N) is 2. The topological polar surface area (TPSA) is 164 Å². The average molecular weight is 842 g/mol. The summed E-state index contributed by atoms with van der Waals surface area (Å²) in [5.74, 6) is -0.657. The Kier molecular flexibility index (Phi) is 12.4. The van der Waals surface area contributed by atoms with Gasteiger partial charge in [0.1, 0.15) is 0 Å². The van der Waals surface area contributed by atoms with Gasteiger partial charge in [0.2, 0.25) is 0 Å². The molecule has 15 heteroatoms. The molecule has 1 unspecified atom stereocenters. The molecule has 1 aliphatic heterocycles. The van der Waals surface area contributed by atoms with Gasteiger partial charge in [0, 0.05) is 5.69 Å². The zero-order valence-electron chi connectivity index (χ0n) is 29.0. The molecule has 1 aromatic heterocycles. The predicted molar refractivity (Wildman–Crippen MR) is 202 cm³/mol. The Hall–Kier alpha value is -5.16. The highest BCUT2D eigenvalue weighted by Gasteiger charge is 2.33. The monoisotopic (exact) mass is 841 g/mol. The molecular formula is C37H36IN3O10S. The number of aromatic hydroxyl groups is 1. The molecule has 2 N–H and O–H groups in total. The number of carbonyl (C=O) groups is 3. The number of phenols is 1. The number of fused-ring (bicyclic) bond motifs is 1. The van der Waals surface area contributed by atoms with Crippen LogP contribution in [0.2, 0.25) is 0 Å². The molecule has 0 saturated carbocycles. The maximum absolute atomic E-state index is 14.1. The van der Waals surface area contributed by atoms with Gasteiger partial charge in [-0.1, -0.05) is 17.4 Å². The van der Waals surface area contributed by atoms with Crippen LogP contribution < -0.4 is 34.4 Å². The Morgan fingerprint density at radius 2 is 1.67 bits per heavy atom. The Labute approximate surface area is 316 Å². The normalized spacial score (nSPS) is 13.9. The number of hydrogen-bond acceptors (Lipinski definition) is 12. The fraction of sp³-hybridized carbons (Fsp3) is 0.270. The summed E-state index contributed by atoms with van der Waals surface area (Å²) in [5, 5.41) is 13.1. The van der Waals surface area contributed by atoms with Crippen LogP contribution in [0.1, 0.15) is 55.2 Å². The molecule has 0 bridgehead atoms. The maximum atomic E-state index is 14.1. The molecule has 3 aromatic carbocycles. The second kappa shape index (κ2) is 16.9. The van der Waals surface area contributed by atoms with Crippen LogP contribution in [0.3, 0.4) is 0 Å². The van der Waals surface area contributed by atoms with Crippen LogP contribution in [-0.2, 0) is 19.1 Å². The van der Waals surface area contributed by atoms with Crippen molar-refractivity contribution in [2.24, 2.45) is 4.99 Å². The highest BCUT2D eigenvalue weighted by molar-refractivity contribution is 14.1. The smallest absolute Gasteiger partial charge is 0.338 e. The number of phenolic OH excluding ortho intramolecular Hbond substituents is 1. The number of amides is 1. The highest BCUT2D eigenvalue weighted by Crippen LogP contribution is 2.37. The van der Waals surface area contributed by atoms with E-state index < -0.39 is 29.4 Å². The van der Waals surface area contributed by atoms with E-state index in [-0.39, 0.29) is 30.3 Å². The Balaban J connectivity index is 1.45. The molecule has 52 heavy (non-hydrogen) atoms. The molecule has 0 radical (unpaired) electrons. The Morgan fingerprint density at radius 1 is 0.962 bits per heavy atom. The molecule has 1 amide bonds. The first-order chi connectivity index (χ1) is 25.0. The molecule has 13 nitrogen and oxygen atoms in total. The van der Waals surface area contributed by atoms with Crippen molar-refractivity contribution in [1.29, 1.82) is 0 Å². The average Bonchev–Trinajstić information content (AvgIpc) is 3.42. The zero-order chi connectivity index (χ0) is 37.5. The number of allylic oxidation sites excluding steroid dienone is 1. The third kappa shape index (κ3) is 8.31. The van der Waals surface area contributed by atoms with Crippen molar-refractivity contribution >= 4 is 63.5 Å². The van der Waals surface area contributed by atoms with Gasteiger partial charge in [0.15, 0.2) is 34.4 Å². The number of methoxy groups -OCH3 is 1. The number of carbonyl (C=O) groups excluding carboxylic acids is 3. The van der Waals surface area contributed by atoms with Crippen molar-refractivity contribution in [2.45, 2.75) is 33.7 Å². The van der Waals surface area contributed by atoms with Gasteiger partial charge in [0.25, 0.3) is 11.5 Å². The minimum Gasteiger partial charge on any atom is -0.504 e. The number of anilines is 1. The summed E-state index contributed by atoms with van der Waals surface area (Å²) in [6.07, 6.45) is 1.70. The number of nitrogens with one attached hydrogen (secondary N) is 1. The molecule has 272 valence electrons. The fourth-order valence-electron chi connectivity index (χ4n) is 5.44. The maximum Gasteiger partial charge on any atom is 0.338 e. The van der Waals surface area contributed by atoms with E-state index in [1.54, 1.807) is 75.4 Å². The lowest BCUT2D eigenvalue weighted by Crippen LogP contribution is -2.39. The van der Waals surface area contributed by atoms with Gasteiger partial charge in [-0.15, -0.1) is 0 Å². The predicted octanol–water partition coefficient (Wildman–Crippen LogP) is 4.71. The van der Waals surface area contributed by atoms with Gasteiger partial charge in [-0.3, -0.25) is 14.2 Å². The minimum atomic E-state index is -0.901. The van der Waals surface area contributed by atoms with E-state index in [0.29, 0.717) is 65.7 Å². The molecule has 0 fully saturated rings. The lowest BCUT2D eigenvalue weighted by molar-refractivity contribution is -0.136. The molecule has 0 saturated heterocycles. The first-order valence-electron chi connectivity index (χ1n) is 16.2. The first kappa shape index (κ1) is 38.1. The number of thiazole rings is 1. The standard InChI is InChI=1S/C37H36IN3O10S/c1-6-48-27-18-23(11-14-26(27)42)32-31(36(46)47-5)20(4)39-37-41(32)34(44)29(52-37)17-21-15-25(38)33(28(16-21)49-7-2)51-19-30(43)40-24-12-9-22(10-13-24)35(45)50-8-3/h9-18,32,42H,6-8,19H2,1-5H3,(H,40,43). The number of esters is 2. The van der Waals surface area contributed by atoms with Crippen LogP contribution in [0, 0.1) is 3.57 Å². The molecule has 0 aliphatic carbocycles. The van der Waals surface area contributed by atoms with E-state index in [0.717, 1.165) is 11.3 Å². The summed E-state index contributed by atoms with van der Waals surface area (Å²) < 4.78 is 29.9. The number of aromatic nitrogens is 1. The Morgan fingerprint density at radius 3 is 2.35 bits per heavy atom. The van der Waals surface area contributed by atoms with Crippen molar-refractivity contribution in [2.75, 3.05) is 38.9 Å². The van der Waals surface area contributed by atoms with Crippen LogP contribution in [0.5, 0.6) is 23.0 Å². The van der Waals surface area contributed by atoms with E-state index in [4.69, 9.17) is 23.7 Å². The SMILES string of the molecule is CCOC(=O)c1ccc(NC(=O)COc2c(I)cc(C=c3sc4n(c3=O)C(c3ccc(O)c(OCC)c3)C(C(=O)OC)=C(C)N=4)cc2OCC)cc1. The van der Waals surface area contributed by atoms with E-state index in [9.17, 15) is 24.3 Å². The summed E-state index contributed by atoms with van der Waals surface area (Å²) >= 11 is 3.23. The van der Waals surface area contributed by atoms with E-state index in [1.807, 2.05) is 6.92 Å². The largest absolute Gasteiger partial charge is 0.504 e. The van der Waals surface area contributed by atoms with Gasteiger partial charge in [-0.25, -0.2) is 14.6 Å². The number of rotatable bonds is 13. The van der Waals surface area contributed by atoms with E-state index in [1.165, 1.54) is 17.7 Å². The third-order valence-corrected chi connectivity index (χ3v) is 9.47. The summed E-state index contributed by atoms with van der Waals surface area (Å²) in [6.45, 7) is 7.54. The molecular weight excluding hydrogens is 805 g/mol. The summed E-state index contributed by atoms with van der Waals surface area (Å²) in [7, 11) is 1.26. The van der Waals surface area contributed by atoms with Gasteiger partial charge >= 0.3 is 11.9 Å². The van der Waals surface area contributed by atoms with Crippen molar-refractivity contribution in [3.63, 3.8) is 0 Å². The first-order valence-corrected chi connectivity index (χ1v) is 18.1.